The summed E-state index contributed by atoms with van der Waals surface area (Å²) in [5.41, 5.74) is 1.22. The van der Waals surface area contributed by atoms with Crippen LogP contribution in [0.2, 0.25) is 5.02 Å². The van der Waals surface area contributed by atoms with Crippen LogP contribution in [0.15, 0.2) is 30.4 Å². The van der Waals surface area contributed by atoms with Crippen molar-refractivity contribution >= 4 is 41.0 Å². The van der Waals surface area contributed by atoms with Gasteiger partial charge in [0.05, 0.1) is 11.8 Å². The fourth-order valence-corrected chi connectivity index (χ4v) is 4.54. The number of halogens is 1. The fourth-order valence-electron chi connectivity index (χ4n) is 4.37. The van der Waals surface area contributed by atoms with Gasteiger partial charge in [-0.25, -0.2) is 0 Å². The van der Waals surface area contributed by atoms with Crippen molar-refractivity contribution in [3.05, 3.63) is 40.9 Å². The Bertz CT molecular complexity index is 882. The minimum atomic E-state index is -0.792. The normalized spacial score (nSPS) is 27.3. The van der Waals surface area contributed by atoms with Crippen LogP contribution in [0.5, 0.6) is 0 Å². The molecular weight excluding hydrogens is 384 g/mol. The van der Waals surface area contributed by atoms with Crippen molar-refractivity contribution in [1.29, 1.82) is 0 Å². The van der Waals surface area contributed by atoms with Gasteiger partial charge in [-0.1, -0.05) is 29.8 Å². The molecule has 0 unspecified atom stereocenters. The number of nitrogens with one attached hydrogen (secondary N) is 1. The average molecular weight is 403 g/mol. The van der Waals surface area contributed by atoms with Crippen LogP contribution in [0.25, 0.3) is 0 Å². The van der Waals surface area contributed by atoms with E-state index in [1.165, 1.54) is 0 Å². The highest BCUT2D eigenvalue weighted by Crippen LogP contribution is 2.52. The van der Waals surface area contributed by atoms with Gasteiger partial charge in [-0.3, -0.25) is 24.1 Å². The SMILES string of the molecule is Cc1c(Cl)cccc1NC(=O)COC(=O)CN1C(=O)[C@@H]2[C@H](C1=O)[C@@H]1C=C[C@H]2C1. The fraction of sp³-hybridized carbons (Fsp3) is 0.400. The first-order valence-electron chi connectivity index (χ1n) is 9.11. The zero-order valence-electron chi connectivity index (χ0n) is 15.2. The number of anilines is 1. The molecule has 4 rings (SSSR count). The molecule has 0 radical (unpaired) electrons. The molecule has 146 valence electrons. The maximum absolute atomic E-state index is 12.5. The molecule has 2 bridgehead atoms. The smallest absolute Gasteiger partial charge is 0.326 e. The zero-order chi connectivity index (χ0) is 20.0. The molecule has 1 aliphatic heterocycles. The van der Waals surface area contributed by atoms with Crippen LogP contribution >= 0.6 is 11.6 Å². The van der Waals surface area contributed by atoms with Crippen molar-refractivity contribution in [2.45, 2.75) is 13.3 Å². The third kappa shape index (κ3) is 3.09. The molecule has 1 aromatic rings. The van der Waals surface area contributed by atoms with E-state index in [0.29, 0.717) is 16.3 Å². The van der Waals surface area contributed by atoms with Gasteiger partial charge in [0.25, 0.3) is 5.91 Å². The number of benzene rings is 1. The first kappa shape index (κ1) is 18.7. The van der Waals surface area contributed by atoms with Gasteiger partial charge in [-0.15, -0.1) is 0 Å². The van der Waals surface area contributed by atoms with Gasteiger partial charge in [0.1, 0.15) is 6.54 Å². The summed E-state index contributed by atoms with van der Waals surface area (Å²) in [7, 11) is 0. The number of likely N-dealkylation sites (tertiary alicyclic amines) is 1. The van der Waals surface area contributed by atoms with Crippen molar-refractivity contribution in [2.24, 2.45) is 23.7 Å². The van der Waals surface area contributed by atoms with Crippen LogP contribution in [0.1, 0.15) is 12.0 Å². The summed E-state index contributed by atoms with van der Waals surface area (Å²) in [5.74, 6) is -2.50. The Morgan fingerprint density at radius 1 is 1.18 bits per heavy atom. The second kappa shape index (κ2) is 7.05. The molecule has 1 N–H and O–H groups in total. The number of carbonyl (C=O) groups is 4. The summed E-state index contributed by atoms with van der Waals surface area (Å²) in [4.78, 5) is 50.2. The number of allylic oxidation sites excluding steroid dienone is 2. The number of hydrogen-bond acceptors (Lipinski definition) is 5. The monoisotopic (exact) mass is 402 g/mol. The van der Waals surface area contributed by atoms with E-state index in [1.807, 2.05) is 12.2 Å². The number of carbonyl (C=O) groups excluding carboxylic acids is 4. The van der Waals surface area contributed by atoms with Gasteiger partial charge in [-0.05, 0) is 42.9 Å². The Morgan fingerprint density at radius 3 is 2.46 bits per heavy atom. The van der Waals surface area contributed by atoms with E-state index in [1.54, 1.807) is 25.1 Å². The molecule has 1 aromatic carbocycles. The summed E-state index contributed by atoms with van der Waals surface area (Å²) >= 11 is 6.00. The number of amides is 3. The van der Waals surface area contributed by atoms with E-state index in [2.05, 4.69) is 5.32 Å². The highest BCUT2D eigenvalue weighted by Gasteiger charge is 2.59. The Morgan fingerprint density at radius 2 is 1.82 bits per heavy atom. The van der Waals surface area contributed by atoms with E-state index in [-0.39, 0.29) is 35.5 Å². The standard InChI is InChI=1S/C20H19ClN2O5/c1-10-13(21)3-2-4-14(10)22-15(24)9-28-16(25)8-23-19(26)17-11-5-6-12(7-11)18(17)20(23)27/h2-6,11-12,17-18H,7-9H2,1H3,(H,22,24)/t11-,12+,17-,18+. The Balaban J connectivity index is 1.30. The average Bonchev–Trinajstić information content (AvgIpc) is 3.34. The molecule has 1 saturated carbocycles. The van der Waals surface area contributed by atoms with Crippen LogP contribution in [0.3, 0.4) is 0 Å². The van der Waals surface area contributed by atoms with E-state index in [0.717, 1.165) is 11.3 Å². The molecule has 1 heterocycles. The zero-order valence-corrected chi connectivity index (χ0v) is 15.9. The second-order valence-electron chi connectivity index (χ2n) is 7.38. The first-order valence-corrected chi connectivity index (χ1v) is 9.48. The number of hydrogen-bond donors (Lipinski definition) is 1. The van der Waals surface area contributed by atoms with Crippen molar-refractivity contribution < 1.29 is 23.9 Å². The van der Waals surface area contributed by atoms with E-state index in [9.17, 15) is 19.2 Å². The molecule has 3 amide bonds. The van der Waals surface area contributed by atoms with Crippen LogP contribution in [-0.2, 0) is 23.9 Å². The van der Waals surface area contributed by atoms with Gasteiger partial charge in [0, 0.05) is 10.7 Å². The number of esters is 1. The van der Waals surface area contributed by atoms with Crippen LogP contribution < -0.4 is 5.32 Å². The first-order chi connectivity index (χ1) is 13.4. The lowest BCUT2D eigenvalue weighted by atomic mass is 9.85. The third-order valence-corrected chi connectivity index (χ3v) is 6.16. The summed E-state index contributed by atoms with van der Waals surface area (Å²) in [6.45, 7) is 0.779. The van der Waals surface area contributed by atoms with Crippen LogP contribution in [0, 0.1) is 30.6 Å². The number of ether oxygens (including phenoxy) is 1. The van der Waals surface area contributed by atoms with Gasteiger partial charge in [0.15, 0.2) is 6.61 Å². The van der Waals surface area contributed by atoms with Crippen molar-refractivity contribution in [2.75, 3.05) is 18.5 Å². The third-order valence-electron chi connectivity index (χ3n) is 5.75. The second-order valence-corrected chi connectivity index (χ2v) is 7.79. The van der Waals surface area contributed by atoms with Gasteiger partial charge in [0.2, 0.25) is 11.8 Å². The maximum atomic E-state index is 12.5. The predicted molar refractivity (Wildman–Crippen MR) is 100 cm³/mol. The van der Waals surface area contributed by atoms with E-state index >= 15 is 0 Å². The summed E-state index contributed by atoms with van der Waals surface area (Å²) < 4.78 is 4.95. The molecular formula is C20H19ClN2O5. The van der Waals surface area contributed by atoms with E-state index in [4.69, 9.17) is 16.3 Å². The van der Waals surface area contributed by atoms with Gasteiger partial charge in [-0.2, -0.15) is 0 Å². The summed E-state index contributed by atoms with van der Waals surface area (Å²) in [5, 5.41) is 3.12. The Labute approximate surface area is 166 Å². The number of nitrogens with zero attached hydrogens (tertiary/aromatic N) is 1. The number of imide groups is 1. The molecule has 1 saturated heterocycles. The molecule has 7 nitrogen and oxygen atoms in total. The molecule has 2 fully saturated rings. The minimum absolute atomic E-state index is 0.0826. The number of rotatable bonds is 5. The summed E-state index contributed by atoms with van der Waals surface area (Å²) in [6, 6.07) is 5.08. The van der Waals surface area contributed by atoms with Crippen LogP contribution in [0.4, 0.5) is 5.69 Å². The highest BCUT2D eigenvalue weighted by atomic mass is 35.5. The lowest BCUT2D eigenvalue weighted by molar-refractivity contribution is -0.154. The lowest BCUT2D eigenvalue weighted by Crippen LogP contribution is -2.38. The minimum Gasteiger partial charge on any atom is -0.454 e. The lowest BCUT2D eigenvalue weighted by Gasteiger charge is -2.16. The molecule has 0 aromatic heterocycles. The molecule has 0 spiro atoms. The Hall–Kier alpha value is -2.67. The topological polar surface area (TPSA) is 92.8 Å². The largest absolute Gasteiger partial charge is 0.454 e. The summed E-state index contributed by atoms with van der Waals surface area (Å²) in [6.07, 6.45) is 4.80. The highest BCUT2D eigenvalue weighted by molar-refractivity contribution is 6.31. The van der Waals surface area contributed by atoms with Crippen molar-refractivity contribution in [3.63, 3.8) is 0 Å². The molecule has 2 aliphatic carbocycles. The van der Waals surface area contributed by atoms with Gasteiger partial charge < -0.3 is 10.1 Å². The Kier molecular flexibility index (Phi) is 4.71. The molecule has 4 atom stereocenters. The van der Waals surface area contributed by atoms with E-state index < -0.39 is 25.0 Å². The molecule has 8 heteroatoms. The predicted octanol–water partition coefficient (Wildman–Crippen LogP) is 1.94. The maximum Gasteiger partial charge on any atom is 0.326 e. The van der Waals surface area contributed by atoms with Gasteiger partial charge >= 0.3 is 5.97 Å². The quantitative estimate of drug-likeness (QED) is 0.461. The number of fused-ring (bicyclic) bond motifs is 5. The van der Waals surface area contributed by atoms with Crippen LogP contribution in [-0.4, -0.2) is 41.7 Å². The van der Waals surface area contributed by atoms with Crippen molar-refractivity contribution in [1.82, 2.24) is 4.90 Å². The molecule has 3 aliphatic rings. The van der Waals surface area contributed by atoms with Crippen molar-refractivity contribution in [3.8, 4) is 0 Å². The molecule has 28 heavy (non-hydrogen) atoms.